The van der Waals surface area contributed by atoms with Gasteiger partial charge in [0.05, 0.1) is 18.3 Å². The number of nitrogens with zero attached hydrogens (tertiary/aromatic N) is 4. The van der Waals surface area contributed by atoms with Gasteiger partial charge in [0.15, 0.2) is 0 Å². The fraction of sp³-hybridized carbons (Fsp3) is 0.429. The summed E-state index contributed by atoms with van der Waals surface area (Å²) in [7, 11) is 0. The van der Waals surface area contributed by atoms with Gasteiger partial charge in [-0.25, -0.2) is 0 Å². The zero-order valence-electron chi connectivity index (χ0n) is 12.4. The topological polar surface area (TPSA) is 95.0 Å². The van der Waals surface area contributed by atoms with Crippen LogP contribution in [0.2, 0.25) is 0 Å². The van der Waals surface area contributed by atoms with Gasteiger partial charge in [0, 0.05) is 12.7 Å². The molecule has 0 bridgehead atoms. The van der Waals surface area contributed by atoms with Crippen LogP contribution in [-0.4, -0.2) is 49.4 Å². The monoisotopic (exact) mass is 341 g/mol. The number of pyridine rings is 1. The summed E-state index contributed by atoms with van der Waals surface area (Å²) >= 11 is 0. The molecule has 24 heavy (non-hydrogen) atoms. The number of amides is 1. The van der Waals surface area contributed by atoms with E-state index in [1.165, 1.54) is 6.20 Å². The van der Waals surface area contributed by atoms with Crippen LogP contribution >= 0.6 is 0 Å². The molecule has 3 rings (SSSR count). The number of H-pyrrole nitrogens is 1. The van der Waals surface area contributed by atoms with E-state index in [9.17, 15) is 23.1 Å². The summed E-state index contributed by atoms with van der Waals surface area (Å²) in [6, 6.07) is 1.94. The number of rotatable bonds is 2. The molecular weight excluding hydrogens is 327 g/mol. The number of hydrogen-bond donors (Lipinski definition) is 2. The Labute approximate surface area is 134 Å². The van der Waals surface area contributed by atoms with Crippen LogP contribution in [0.5, 0.6) is 0 Å². The molecular formula is C14H14F3N5O2. The number of likely N-dealkylation sites (tertiary alicyclic amines) is 1. The molecule has 1 fully saturated rings. The second-order valence-corrected chi connectivity index (χ2v) is 5.61. The zero-order valence-corrected chi connectivity index (χ0v) is 12.4. The van der Waals surface area contributed by atoms with Crippen molar-refractivity contribution < 1.29 is 23.1 Å². The molecule has 2 aromatic heterocycles. The van der Waals surface area contributed by atoms with Crippen molar-refractivity contribution in [2.75, 3.05) is 13.1 Å². The van der Waals surface area contributed by atoms with Crippen LogP contribution in [-0.2, 0) is 11.8 Å². The van der Waals surface area contributed by atoms with E-state index in [1.54, 1.807) is 0 Å². The predicted molar refractivity (Wildman–Crippen MR) is 74.7 cm³/mol. The minimum atomic E-state index is -4.68. The maximum Gasteiger partial charge on any atom is 0.418 e. The summed E-state index contributed by atoms with van der Waals surface area (Å²) in [5.41, 5.74) is -2.97. The van der Waals surface area contributed by atoms with Crippen LogP contribution in [0.4, 0.5) is 13.2 Å². The molecule has 2 aromatic rings. The highest BCUT2D eigenvalue weighted by molar-refractivity contribution is 5.94. The fourth-order valence-electron chi connectivity index (χ4n) is 2.80. The molecule has 7 nitrogen and oxygen atoms in total. The number of carbonyl (C=O) groups is 1. The lowest BCUT2D eigenvalue weighted by molar-refractivity contribution is -0.138. The molecule has 1 saturated heterocycles. The molecule has 0 spiro atoms. The molecule has 0 saturated carbocycles. The maximum atomic E-state index is 13.1. The number of piperidine rings is 1. The van der Waals surface area contributed by atoms with Gasteiger partial charge in [0.25, 0.3) is 5.91 Å². The predicted octanol–water partition coefficient (Wildman–Crippen LogP) is 1.34. The smallest absolute Gasteiger partial charge is 0.382 e. The lowest BCUT2D eigenvalue weighted by Crippen LogP contribution is -2.49. The van der Waals surface area contributed by atoms with Gasteiger partial charge in [-0.05, 0) is 25.0 Å². The molecule has 128 valence electrons. The number of alkyl halides is 3. The van der Waals surface area contributed by atoms with Crippen LogP contribution in [0.15, 0.2) is 24.5 Å². The third kappa shape index (κ3) is 2.96. The minimum Gasteiger partial charge on any atom is -0.382 e. The van der Waals surface area contributed by atoms with Crippen LogP contribution in [0.3, 0.4) is 0 Å². The van der Waals surface area contributed by atoms with Gasteiger partial charge in [-0.1, -0.05) is 0 Å². The summed E-state index contributed by atoms with van der Waals surface area (Å²) in [5.74, 6) is -0.871. The van der Waals surface area contributed by atoms with Gasteiger partial charge in [0.1, 0.15) is 17.0 Å². The first-order valence-electron chi connectivity index (χ1n) is 7.21. The number of aromatic amines is 1. The van der Waals surface area contributed by atoms with Crippen molar-refractivity contribution >= 4 is 5.91 Å². The zero-order chi connectivity index (χ0) is 17.4. The largest absolute Gasteiger partial charge is 0.418 e. The summed E-state index contributed by atoms with van der Waals surface area (Å²) in [4.78, 5) is 17.3. The van der Waals surface area contributed by atoms with Crippen LogP contribution < -0.4 is 0 Å². The molecule has 0 radical (unpaired) electrons. The summed E-state index contributed by atoms with van der Waals surface area (Å²) in [5, 5.41) is 20.5. The van der Waals surface area contributed by atoms with E-state index >= 15 is 0 Å². The maximum absolute atomic E-state index is 13.1. The summed E-state index contributed by atoms with van der Waals surface area (Å²) < 4.78 is 39.2. The number of β-amino-alcohol motifs (C(OH)–C–C–N with tert-alkyl or cyclic N) is 1. The van der Waals surface area contributed by atoms with Crippen molar-refractivity contribution in [2.24, 2.45) is 0 Å². The van der Waals surface area contributed by atoms with Crippen molar-refractivity contribution in [1.82, 2.24) is 25.3 Å². The Bertz CT molecular complexity index is 734. The Morgan fingerprint density at radius 3 is 2.88 bits per heavy atom. The number of aromatic nitrogens is 4. The molecule has 10 heteroatoms. The van der Waals surface area contributed by atoms with Gasteiger partial charge in [0.2, 0.25) is 0 Å². The Hall–Kier alpha value is -2.49. The van der Waals surface area contributed by atoms with Crippen molar-refractivity contribution in [2.45, 2.75) is 24.6 Å². The van der Waals surface area contributed by atoms with Crippen molar-refractivity contribution in [1.29, 1.82) is 0 Å². The third-order valence-electron chi connectivity index (χ3n) is 3.97. The van der Waals surface area contributed by atoms with Gasteiger partial charge < -0.3 is 10.0 Å². The summed E-state index contributed by atoms with van der Waals surface area (Å²) in [6.45, 7) is 0.0547. The van der Waals surface area contributed by atoms with E-state index in [1.807, 2.05) is 0 Å². The number of aliphatic hydroxyl groups is 1. The van der Waals surface area contributed by atoms with Crippen molar-refractivity contribution in [3.8, 4) is 0 Å². The van der Waals surface area contributed by atoms with E-state index in [4.69, 9.17) is 0 Å². The fourth-order valence-corrected chi connectivity index (χ4v) is 2.80. The van der Waals surface area contributed by atoms with Crippen LogP contribution in [0.1, 0.15) is 34.6 Å². The second-order valence-electron chi connectivity index (χ2n) is 5.61. The highest BCUT2D eigenvalue weighted by Gasteiger charge is 2.42. The number of nitrogens with one attached hydrogen (secondary N) is 1. The molecule has 3 heterocycles. The number of hydrogen-bond acceptors (Lipinski definition) is 5. The average Bonchev–Trinajstić information content (AvgIpc) is 3.09. The average molecular weight is 341 g/mol. The van der Waals surface area contributed by atoms with Gasteiger partial charge >= 0.3 is 6.18 Å². The third-order valence-corrected chi connectivity index (χ3v) is 3.97. The minimum absolute atomic E-state index is 0.174. The number of carbonyl (C=O) groups excluding carboxylic acids is 1. The normalized spacial score (nSPS) is 21.8. The quantitative estimate of drug-likeness (QED) is 0.860. The summed E-state index contributed by atoms with van der Waals surface area (Å²) in [6.07, 6.45) is -1.47. The first-order chi connectivity index (χ1) is 11.3. The molecule has 1 aliphatic rings. The lowest BCUT2D eigenvalue weighted by Gasteiger charge is -2.38. The first kappa shape index (κ1) is 16.4. The molecule has 0 aliphatic carbocycles. The van der Waals surface area contributed by atoms with E-state index < -0.39 is 28.9 Å². The van der Waals surface area contributed by atoms with Crippen LogP contribution in [0.25, 0.3) is 0 Å². The standard InChI is InChI=1S/C14H14F3N5O2/c15-14(16,17)9-3-1-5-18-11(9)12(23)22-6-2-4-13(24,8-22)10-7-19-21-20-10/h1,3,5,7,24H,2,4,6,8H2,(H,19,20,21). The number of halogens is 3. The molecule has 1 aliphatic heterocycles. The Morgan fingerprint density at radius 2 is 2.21 bits per heavy atom. The molecule has 0 aromatic carbocycles. The lowest BCUT2D eigenvalue weighted by atomic mass is 9.89. The SMILES string of the molecule is O=C(c1ncccc1C(F)(F)F)N1CCCC(O)(c2cn[nH]n2)C1. The highest BCUT2D eigenvalue weighted by Crippen LogP contribution is 2.34. The Kier molecular flexibility index (Phi) is 3.99. The van der Waals surface area contributed by atoms with Crippen molar-refractivity contribution in [3.63, 3.8) is 0 Å². The molecule has 2 N–H and O–H groups in total. The van der Waals surface area contributed by atoms with E-state index in [0.29, 0.717) is 12.8 Å². The van der Waals surface area contributed by atoms with E-state index in [-0.39, 0.29) is 18.8 Å². The Balaban J connectivity index is 1.89. The molecule has 1 amide bonds. The first-order valence-corrected chi connectivity index (χ1v) is 7.21. The molecule has 1 atom stereocenters. The molecule has 1 unspecified atom stereocenters. The van der Waals surface area contributed by atoms with E-state index in [0.717, 1.165) is 23.2 Å². The second kappa shape index (κ2) is 5.86. The highest BCUT2D eigenvalue weighted by atomic mass is 19.4. The van der Waals surface area contributed by atoms with Gasteiger partial charge in [-0.15, -0.1) is 0 Å². The Morgan fingerprint density at radius 1 is 1.42 bits per heavy atom. The van der Waals surface area contributed by atoms with Crippen molar-refractivity contribution in [3.05, 3.63) is 41.5 Å². The van der Waals surface area contributed by atoms with Gasteiger partial charge in [-0.3, -0.25) is 9.78 Å². The van der Waals surface area contributed by atoms with Gasteiger partial charge in [-0.2, -0.15) is 28.6 Å². The van der Waals surface area contributed by atoms with Crippen LogP contribution in [0, 0.1) is 0 Å². The van der Waals surface area contributed by atoms with E-state index in [2.05, 4.69) is 20.4 Å².